The highest BCUT2D eigenvalue weighted by atomic mass is 32.1. The summed E-state index contributed by atoms with van der Waals surface area (Å²) >= 11 is 1.23. The zero-order chi connectivity index (χ0) is 21.4. The maximum Gasteiger partial charge on any atom is 0.327 e. The number of amides is 3. The van der Waals surface area contributed by atoms with Crippen molar-refractivity contribution in [3.8, 4) is 0 Å². The van der Waals surface area contributed by atoms with Gasteiger partial charge in [0.25, 0.3) is 5.91 Å². The van der Waals surface area contributed by atoms with Crippen LogP contribution in [0.3, 0.4) is 0 Å². The Bertz CT molecular complexity index is 1110. The van der Waals surface area contributed by atoms with E-state index in [1.54, 1.807) is 11.9 Å². The van der Waals surface area contributed by atoms with Crippen LogP contribution in [-0.2, 0) is 17.8 Å². The molecule has 2 saturated heterocycles. The molecule has 31 heavy (non-hydrogen) atoms. The first-order valence-electron chi connectivity index (χ1n) is 10.6. The Morgan fingerprint density at radius 2 is 1.71 bits per heavy atom. The lowest BCUT2D eigenvalue weighted by atomic mass is 9.86. The smallest absolute Gasteiger partial charge is 0.312 e. The predicted octanol–water partition coefficient (Wildman–Crippen LogP) is 3.16. The molecule has 3 amide bonds. The Morgan fingerprint density at radius 1 is 0.968 bits per heavy atom. The third kappa shape index (κ3) is 3.59. The van der Waals surface area contributed by atoms with E-state index in [0.717, 1.165) is 36.2 Å². The lowest BCUT2D eigenvalue weighted by molar-refractivity contribution is -0.135. The Kier molecular flexibility index (Phi) is 5.19. The summed E-state index contributed by atoms with van der Waals surface area (Å²) in [6.07, 6.45) is 2.01. The van der Waals surface area contributed by atoms with Gasteiger partial charge in [0.15, 0.2) is 0 Å². The molecule has 0 atom stereocenters. The van der Waals surface area contributed by atoms with E-state index in [-0.39, 0.29) is 11.9 Å². The molecule has 0 bridgehead atoms. The van der Waals surface area contributed by atoms with Crippen LogP contribution in [-0.4, -0.2) is 67.6 Å². The van der Waals surface area contributed by atoms with Gasteiger partial charge >= 0.3 is 6.03 Å². The number of benzene rings is 2. The summed E-state index contributed by atoms with van der Waals surface area (Å²) in [4.78, 5) is 31.7. The number of aromatic nitrogens is 2. The second kappa shape index (κ2) is 8.01. The first-order chi connectivity index (χ1) is 15.1. The number of rotatable bonds is 5. The number of piperidine rings is 1. The molecule has 2 aromatic carbocycles. The summed E-state index contributed by atoms with van der Waals surface area (Å²) in [6.45, 7) is 2.80. The molecule has 7 nitrogen and oxygen atoms in total. The molecular formula is C23H25N5O2S. The van der Waals surface area contributed by atoms with Crippen LogP contribution in [0.1, 0.15) is 24.0 Å². The molecular weight excluding hydrogens is 410 g/mol. The van der Waals surface area contributed by atoms with Crippen molar-refractivity contribution in [3.05, 3.63) is 59.7 Å². The number of nitrogens with zero attached hydrogens (tertiary/aromatic N) is 5. The van der Waals surface area contributed by atoms with Gasteiger partial charge in [-0.15, -0.1) is 0 Å². The second-order valence-electron chi connectivity index (χ2n) is 8.43. The van der Waals surface area contributed by atoms with E-state index in [1.165, 1.54) is 22.2 Å². The molecule has 2 fully saturated rings. The van der Waals surface area contributed by atoms with Crippen molar-refractivity contribution in [2.75, 3.05) is 26.7 Å². The van der Waals surface area contributed by atoms with Crippen LogP contribution >= 0.6 is 11.7 Å². The average molecular weight is 436 g/mol. The molecule has 3 aromatic rings. The lowest BCUT2D eigenvalue weighted by Gasteiger charge is -2.40. The molecule has 3 heterocycles. The van der Waals surface area contributed by atoms with E-state index in [9.17, 15) is 9.59 Å². The minimum absolute atomic E-state index is 0.0365. The number of hydrogen-bond acceptors (Lipinski definition) is 6. The fraction of sp³-hybridized carbons (Fsp3) is 0.391. The van der Waals surface area contributed by atoms with E-state index in [2.05, 4.69) is 25.8 Å². The zero-order valence-electron chi connectivity index (χ0n) is 17.5. The van der Waals surface area contributed by atoms with Crippen molar-refractivity contribution >= 4 is 34.7 Å². The van der Waals surface area contributed by atoms with E-state index >= 15 is 0 Å². The van der Waals surface area contributed by atoms with E-state index in [0.29, 0.717) is 25.8 Å². The molecule has 0 aliphatic carbocycles. The molecule has 160 valence electrons. The SMILES string of the molecule is CN1C(=O)N(CCc2ccccc2)C(=O)C12CCN(Cc1ccc3nsnc3c1)CC2. The van der Waals surface area contributed by atoms with E-state index in [1.807, 2.05) is 36.4 Å². The van der Waals surface area contributed by atoms with Gasteiger partial charge in [0.2, 0.25) is 0 Å². The average Bonchev–Trinajstić information content (AvgIpc) is 3.33. The normalized spacial score (nSPS) is 19.1. The molecule has 5 rings (SSSR count). The molecule has 0 radical (unpaired) electrons. The second-order valence-corrected chi connectivity index (χ2v) is 8.96. The Labute approximate surface area is 185 Å². The Balaban J connectivity index is 1.24. The molecule has 2 aliphatic rings. The van der Waals surface area contributed by atoms with Crippen molar-refractivity contribution in [3.63, 3.8) is 0 Å². The van der Waals surface area contributed by atoms with Crippen LogP contribution in [0.2, 0.25) is 0 Å². The molecule has 8 heteroatoms. The van der Waals surface area contributed by atoms with Crippen molar-refractivity contribution < 1.29 is 9.59 Å². The third-order valence-electron chi connectivity index (χ3n) is 6.68. The van der Waals surface area contributed by atoms with Crippen LogP contribution in [0.5, 0.6) is 0 Å². The predicted molar refractivity (Wildman–Crippen MR) is 120 cm³/mol. The molecule has 0 unspecified atom stereocenters. The van der Waals surface area contributed by atoms with Gasteiger partial charge in [-0.05, 0) is 42.5 Å². The van der Waals surface area contributed by atoms with E-state index in [4.69, 9.17) is 0 Å². The number of fused-ring (bicyclic) bond motifs is 1. The first kappa shape index (κ1) is 20.1. The monoisotopic (exact) mass is 435 g/mol. The fourth-order valence-electron chi connectivity index (χ4n) is 4.74. The van der Waals surface area contributed by atoms with Gasteiger partial charge in [-0.25, -0.2) is 4.79 Å². The van der Waals surface area contributed by atoms with Gasteiger partial charge < -0.3 is 4.90 Å². The fourth-order valence-corrected chi connectivity index (χ4v) is 5.26. The standard InChI is InChI=1S/C23H25N5O2S/c1-26-22(30)28(12-9-17-5-3-2-4-6-17)21(29)23(26)10-13-27(14-11-23)16-18-7-8-19-20(15-18)25-31-24-19/h2-8,15H,9-14,16H2,1H3. The minimum atomic E-state index is -0.701. The number of hydrogen-bond donors (Lipinski definition) is 0. The van der Waals surface area contributed by atoms with Gasteiger partial charge in [-0.3, -0.25) is 14.6 Å². The van der Waals surface area contributed by atoms with Crippen LogP contribution in [0.25, 0.3) is 11.0 Å². The molecule has 1 aromatic heterocycles. The zero-order valence-corrected chi connectivity index (χ0v) is 18.3. The summed E-state index contributed by atoms with van der Waals surface area (Å²) < 4.78 is 8.58. The maximum atomic E-state index is 13.3. The number of likely N-dealkylation sites (tertiary alicyclic amines) is 1. The molecule has 2 aliphatic heterocycles. The Hall–Kier alpha value is -2.84. The van der Waals surface area contributed by atoms with Crippen molar-refractivity contribution in [1.82, 2.24) is 23.4 Å². The molecule has 1 spiro atoms. The topological polar surface area (TPSA) is 69.6 Å². The quantitative estimate of drug-likeness (QED) is 0.576. The van der Waals surface area contributed by atoms with Gasteiger partial charge in [0.1, 0.15) is 16.6 Å². The summed E-state index contributed by atoms with van der Waals surface area (Å²) in [6, 6.07) is 16.0. The minimum Gasteiger partial charge on any atom is -0.312 e. The van der Waals surface area contributed by atoms with Crippen molar-refractivity contribution in [1.29, 1.82) is 0 Å². The highest BCUT2D eigenvalue weighted by Gasteiger charge is 2.56. The Morgan fingerprint density at radius 3 is 2.48 bits per heavy atom. The first-order valence-corrected chi connectivity index (χ1v) is 11.4. The van der Waals surface area contributed by atoms with Crippen molar-refractivity contribution in [2.24, 2.45) is 0 Å². The van der Waals surface area contributed by atoms with Crippen LogP contribution < -0.4 is 0 Å². The molecule has 0 N–H and O–H groups in total. The summed E-state index contributed by atoms with van der Waals surface area (Å²) in [5.41, 5.74) is 3.49. The van der Waals surface area contributed by atoms with Crippen LogP contribution in [0.4, 0.5) is 4.79 Å². The largest absolute Gasteiger partial charge is 0.327 e. The number of imide groups is 1. The maximum absolute atomic E-state index is 13.3. The van der Waals surface area contributed by atoms with Gasteiger partial charge in [-0.2, -0.15) is 8.75 Å². The van der Waals surface area contributed by atoms with E-state index < -0.39 is 5.54 Å². The van der Waals surface area contributed by atoms with Gasteiger partial charge in [0, 0.05) is 33.2 Å². The number of carbonyl (C=O) groups is 2. The van der Waals surface area contributed by atoms with Gasteiger partial charge in [-0.1, -0.05) is 36.4 Å². The molecule has 0 saturated carbocycles. The highest BCUT2D eigenvalue weighted by Crippen LogP contribution is 2.36. The number of carbonyl (C=O) groups excluding carboxylic acids is 2. The van der Waals surface area contributed by atoms with Crippen LogP contribution in [0.15, 0.2) is 48.5 Å². The number of likely N-dealkylation sites (N-methyl/N-ethyl adjacent to an activating group) is 1. The van der Waals surface area contributed by atoms with Gasteiger partial charge in [0.05, 0.1) is 11.7 Å². The number of urea groups is 1. The third-order valence-corrected chi connectivity index (χ3v) is 7.23. The summed E-state index contributed by atoms with van der Waals surface area (Å²) in [5, 5.41) is 0. The lowest BCUT2D eigenvalue weighted by Crippen LogP contribution is -2.55. The van der Waals surface area contributed by atoms with Crippen molar-refractivity contribution in [2.45, 2.75) is 31.3 Å². The van der Waals surface area contributed by atoms with Crippen LogP contribution in [0, 0.1) is 0 Å². The summed E-state index contributed by atoms with van der Waals surface area (Å²) in [7, 11) is 1.78. The summed E-state index contributed by atoms with van der Waals surface area (Å²) in [5.74, 6) is -0.0365. The highest BCUT2D eigenvalue weighted by molar-refractivity contribution is 7.00.